The van der Waals surface area contributed by atoms with Crippen LogP contribution in [-0.4, -0.2) is 32.4 Å². The molecule has 0 aliphatic carbocycles. The first-order valence-electron chi connectivity index (χ1n) is 6.26. The second-order valence-corrected chi connectivity index (χ2v) is 9.27. The Morgan fingerprint density at radius 2 is 2.00 bits per heavy atom. The fraction of sp³-hybridized carbons (Fsp3) is 0.538. The van der Waals surface area contributed by atoms with Gasteiger partial charge in [-0.25, -0.2) is 8.42 Å². The highest BCUT2D eigenvalue weighted by atomic mass is 79.9. The van der Waals surface area contributed by atoms with Crippen molar-refractivity contribution < 1.29 is 8.42 Å². The van der Waals surface area contributed by atoms with E-state index in [4.69, 9.17) is 11.6 Å². The molecule has 1 aromatic rings. The summed E-state index contributed by atoms with van der Waals surface area (Å²) < 4.78 is 27.6. The van der Waals surface area contributed by atoms with E-state index in [9.17, 15) is 8.42 Å². The van der Waals surface area contributed by atoms with Crippen LogP contribution >= 0.6 is 27.5 Å². The van der Waals surface area contributed by atoms with Gasteiger partial charge in [-0.3, -0.25) is 0 Å². The van der Waals surface area contributed by atoms with Crippen LogP contribution in [-0.2, 0) is 10.0 Å². The fourth-order valence-corrected chi connectivity index (χ4v) is 4.76. The van der Waals surface area contributed by atoms with Crippen LogP contribution in [0.3, 0.4) is 0 Å². The zero-order valence-corrected chi connectivity index (χ0v) is 15.0. The maximum Gasteiger partial charge on any atom is 0.245 e. The molecule has 1 atom stereocenters. The summed E-state index contributed by atoms with van der Waals surface area (Å²) in [4.78, 5) is 0.253. The van der Waals surface area contributed by atoms with Gasteiger partial charge >= 0.3 is 0 Å². The van der Waals surface area contributed by atoms with Crippen molar-refractivity contribution in [2.75, 3.05) is 18.9 Å². The molecule has 0 bridgehead atoms. The Labute approximate surface area is 133 Å². The molecule has 0 aromatic heterocycles. The summed E-state index contributed by atoms with van der Waals surface area (Å²) in [6.45, 7) is 6.64. The summed E-state index contributed by atoms with van der Waals surface area (Å²) in [6, 6.07) is 3.07. The monoisotopic (exact) mass is 380 g/mol. The van der Waals surface area contributed by atoms with Crippen LogP contribution in [0, 0.1) is 5.41 Å². The number of fused-ring (bicyclic) bond motifs is 1. The van der Waals surface area contributed by atoms with Crippen molar-refractivity contribution in [2.45, 2.75) is 31.7 Å². The predicted octanol–water partition coefficient (Wildman–Crippen LogP) is 3.56. The Morgan fingerprint density at radius 3 is 2.55 bits per heavy atom. The smallest absolute Gasteiger partial charge is 0.245 e. The lowest BCUT2D eigenvalue weighted by Crippen LogP contribution is -2.47. The standard InChI is InChI=1S/C13H18BrClN2O2S/c1-13(2,3)12-7-16-10-6-9(15)8(14)5-11(10)20(18,19)17(12)4/h5-6,12,16H,7H2,1-4H3. The van der Waals surface area contributed by atoms with Crippen molar-refractivity contribution in [3.05, 3.63) is 21.6 Å². The Bertz CT molecular complexity index is 641. The molecule has 1 heterocycles. The summed E-state index contributed by atoms with van der Waals surface area (Å²) in [5.74, 6) is 0. The number of rotatable bonds is 0. The molecule has 0 spiro atoms. The third kappa shape index (κ3) is 2.71. The van der Waals surface area contributed by atoms with Crippen LogP contribution < -0.4 is 5.32 Å². The van der Waals surface area contributed by atoms with E-state index in [2.05, 4.69) is 21.2 Å². The first-order chi connectivity index (χ1) is 9.05. The van der Waals surface area contributed by atoms with E-state index in [0.29, 0.717) is 21.7 Å². The molecule has 2 rings (SSSR count). The SMILES string of the molecule is CN1C(C(C)(C)C)CNc2cc(Cl)c(Br)cc2S1(=O)=O. The van der Waals surface area contributed by atoms with Gasteiger partial charge in [-0.05, 0) is 33.5 Å². The normalized spacial score (nSPS) is 22.8. The van der Waals surface area contributed by atoms with Crippen LogP contribution in [0.1, 0.15) is 20.8 Å². The zero-order chi connectivity index (χ0) is 15.3. The molecule has 4 nitrogen and oxygen atoms in total. The maximum atomic E-state index is 12.8. The number of nitrogens with one attached hydrogen (secondary N) is 1. The summed E-state index contributed by atoms with van der Waals surface area (Å²) in [6.07, 6.45) is 0. The van der Waals surface area contributed by atoms with E-state index in [1.165, 1.54) is 4.31 Å². The van der Waals surface area contributed by atoms with Gasteiger partial charge in [0, 0.05) is 24.1 Å². The van der Waals surface area contributed by atoms with Crippen molar-refractivity contribution in [3.8, 4) is 0 Å². The minimum absolute atomic E-state index is 0.141. The van der Waals surface area contributed by atoms with Gasteiger partial charge in [0.25, 0.3) is 0 Å². The van der Waals surface area contributed by atoms with Crippen molar-refractivity contribution >= 4 is 43.2 Å². The second kappa shape index (κ2) is 5.16. The van der Waals surface area contributed by atoms with Gasteiger partial charge in [0.05, 0.1) is 10.7 Å². The molecule has 0 saturated heterocycles. The molecule has 7 heteroatoms. The molecule has 1 unspecified atom stereocenters. The highest BCUT2D eigenvalue weighted by Gasteiger charge is 2.39. The minimum Gasteiger partial charge on any atom is -0.382 e. The summed E-state index contributed by atoms with van der Waals surface area (Å²) >= 11 is 9.34. The topological polar surface area (TPSA) is 49.4 Å². The van der Waals surface area contributed by atoms with Gasteiger partial charge in [-0.1, -0.05) is 32.4 Å². The zero-order valence-electron chi connectivity index (χ0n) is 11.9. The molecule has 20 heavy (non-hydrogen) atoms. The maximum absolute atomic E-state index is 12.8. The lowest BCUT2D eigenvalue weighted by Gasteiger charge is -2.35. The average Bonchev–Trinajstić information content (AvgIpc) is 2.38. The minimum atomic E-state index is -3.55. The molecule has 1 aromatic carbocycles. The van der Waals surface area contributed by atoms with E-state index < -0.39 is 10.0 Å². The number of hydrogen-bond acceptors (Lipinski definition) is 3. The number of benzene rings is 1. The summed E-state index contributed by atoms with van der Waals surface area (Å²) in [7, 11) is -1.92. The van der Waals surface area contributed by atoms with Gasteiger partial charge in [0.1, 0.15) is 4.90 Å². The molecule has 0 radical (unpaired) electrons. The van der Waals surface area contributed by atoms with E-state index in [1.54, 1.807) is 19.2 Å². The molecule has 1 aliphatic rings. The van der Waals surface area contributed by atoms with E-state index >= 15 is 0 Å². The molecule has 1 aliphatic heterocycles. The van der Waals surface area contributed by atoms with E-state index in [0.717, 1.165) is 0 Å². The Morgan fingerprint density at radius 1 is 1.40 bits per heavy atom. The van der Waals surface area contributed by atoms with Crippen molar-refractivity contribution in [1.82, 2.24) is 4.31 Å². The molecule has 0 amide bonds. The molecule has 1 N–H and O–H groups in total. The van der Waals surface area contributed by atoms with Gasteiger partial charge < -0.3 is 5.32 Å². The second-order valence-electron chi connectivity index (χ2n) is 6.05. The van der Waals surface area contributed by atoms with Crippen molar-refractivity contribution in [3.63, 3.8) is 0 Å². The van der Waals surface area contributed by atoms with Gasteiger partial charge in [-0.2, -0.15) is 4.31 Å². The third-order valence-electron chi connectivity index (χ3n) is 3.60. The first kappa shape index (κ1) is 16.1. The Hall–Kier alpha value is -0.300. The number of nitrogens with zero attached hydrogens (tertiary/aromatic N) is 1. The average molecular weight is 382 g/mol. The third-order valence-corrected chi connectivity index (χ3v) is 6.71. The summed E-state index contributed by atoms with van der Waals surface area (Å²) in [5, 5.41) is 3.70. The van der Waals surface area contributed by atoms with Crippen molar-refractivity contribution in [1.29, 1.82) is 0 Å². The van der Waals surface area contributed by atoms with Gasteiger partial charge in [0.2, 0.25) is 10.0 Å². The number of hydrogen-bond donors (Lipinski definition) is 1. The highest BCUT2D eigenvalue weighted by molar-refractivity contribution is 9.10. The van der Waals surface area contributed by atoms with Crippen LogP contribution in [0.25, 0.3) is 0 Å². The van der Waals surface area contributed by atoms with Crippen molar-refractivity contribution in [2.24, 2.45) is 5.41 Å². The largest absolute Gasteiger partial charge is 0.382 e. The lowest BCUT2D eigenvalue weighted by atomic mass is 9.87. The molecule has 0 fully saturated rings. The highest BCUT2D eigenvalue weighted by Crippen LogP contribution is 2.38. The van der Waals surface area contributed by atoms with Crippen LogP contribution in [0.4, 0.5) is 5.69 Å². The molecular weight excluding hydrogens is 364 g/mol. The molecule has 112 valence electrons. The van der Waals surface area contributed by atoms with Gasteiger partial charge in [0.15, 0.2) is 0 Å². The van der Waals surface area contributed by atoms with Crippen LogP contribution in [0.5, 0.6) is 0 Å². The van der Waals surface area contributed by atoms with Crippen LogP contribution in [0.15, 0.2) is 21.5 Å². The van der Waals surface area contributed by atoms with E-state index in [-0.39, 0.29) is 16.4 Å². The number of likely N-dealkylation sites (N-methyl/N-ethyl adjacent to an activating group) is 1. The number of anilines is 1. The fourth-order valence-electron chi connectivity index (χ4n) is 2.39. The predicted molar refractivity (Wildman–Crippen MR) is 85.8 cm³/mol. The quantitative estimate of drug-likeness (QED) is 0.747. The summed E-state index contributed by atoms with van der Waals surface area (Å²) in [5.41, 5.74) is 0.384. The number of sulfonamides is 1. The first-order valence-corrected chi connectivity index (χ1v) is 8.87. The Balaban J connectivity index is 2.62. The van der Waals surface area contributed by atoms with Crippen LogP contribution in [0.2, 0.25) is 5.02 Å². The van der Waals surface area contributed by atoms with Gasteiger partial charge in [-0.15, -0.1) is 0 Å². The Kier molecular flexibility index (Phi) is 4.15. The lowest BCUT2D eigenvalue weighted by molar-refractivity contribution is 0.211. The number of halogens is 2. The van der Waals surface area contributed by atoms with E-state index in [1.807, 2.05) is 20.8 Å². The molecular formula is C13H18BrClN2O2S. The molecule has 0 saturated carbocycles.